The molecular formula is C29H28N6O5. The molecular weight excluding hydrogens is 512 g/mol. The summed E-state index contributed by atoms with van der Waals surface area (Å²) >= 11 is 0. The van der Waals surface area contributed by atoms with E-state index >= 15 is 0 Å². The minimum absolute atomic E-state index is 0.254. The van der Waals surface area contributed by atoms with Crippen molar-refractivity contribution in [3.8, 4) is 40.5 Å². The Morgan fingerprint density at radius 2 is 1.88 bits per heavy atom. The van der Waals surface area contributed by atoms with E-state index in [4.69, 9.17) is 19.2 Å². The first-order valence-corrected chi connectivity index (χ1v) is 12.5. The second-order valence-corrected chi connectivity index (χ2v) is 9.18. The molecule has 5 rings (SSSR count). The van der Waals surface area contributed by atoms with Gasteiger partial charge >= 0.3 is 0 Å². The number of hydrogen-bond acceptors (Lipinski definition) is 10. The number of ether oxygens (including phenoxy) is 3. The van der Waals surface area contributed by atoms with Crippen molar-refractivity contribution in [3.05, 3.63) is 60.0 Å². The second kappa shape index (κ2) is 11.0. The van der Waals surface area contributed by atoms with Gasteiger partial charge in [0, 0.05) is 43.8 Å². The summed E-state index contributed by atoms with van der Waals surface area (Å²) in [7, 11) is 6.41. The SMILES string of the molecule is COc1ccc(CNc2ncnc3cnc(-c4cc(C#C[C@]5(O)CCN(C)C5=O)ccc4OC)nc23)c(OC)c1. The van der Waals surface area contributed by atoms with Gasteiger partial charge in [0.15, 0.2) is 11.6 Å². The molecule has 1 aliphatic rings. The van der Waals surface area contributed by atoms with Crippen molar-refractivity contribution < 1.29 is 24.1 Å². The van der Waals surface area contributed by atoms with E-state index in [1.54, 1.807) is 52.8 Å². The van der Waals surface area contributed by atoms with E-state index in [2.05, 4.69) is 32.1 Å². The maximum Gasteiger partial charge on any atom is 0.267 e. The summed E-state index contributed by atoms with van der Waals surface area (Å²) in [5.74, 6) is 8.08. The van der Waals surface area contributed by atoms with Crippen LogP contribution in [0.5, 0.6) is 17.2 Å². The fourth-order valence-electron chi connectivity index (χ4n) is 4.40. The van der Waals surface area contributed by atoms with Gasteiger partial charge in [-0.05, 0) is 30.3 Å². The third-order valence-electron chi connectivity index (χ3n) is 6.68. The fourth-order valence-corrected chi connectivity index (χ4v) is 4.40. The Bertz CT molecular complexity index is 1650. The van der Waals surface area contributed by atoms with Crippen molar-refractivity contribution in [2.45, 2.75) is 18.6 Å². The molecule has 0 radical (unpaired) electrons. The second-order valence-electron chi connectivity index (χ2n) is 9.18. The number of fused-ring (bicyclic) bond motifs is 1. The van der Waals surface area contributed by atoms with Crippen molar-refractivity contribution in [1.29, 1.82) is 0 Å². The number of aliphatic hydroxyl groups is 1. The van der Waals surface area contributed by atoms with Crippen LogP contribution in [0.25, 0.3) is 22.4 Å². The van der Waals surface area contributed by atoms with Crippen LogP contribution in [0.2, 0.25) is 0 Å². The molecule has 0 saturated carbocycles. The molecule has 40 heavy (non-hydrogen) atoms. The maximum absolute atomic E-state index is 12.3. The van der Waals surface area contributed by atoms with Gasteiger partial charge in [0.25, 0.3) is 5.91 Å². The minimum Gasteiger partial charge on any atom is -0.497 e. The Morgan fingerprint density at radius 3 is 2.60 bits per heavy atom. The Kier molecular flexibility index (Phi) is 7.35. The third-order valence-corrected chi connectivity index (χ3v) is 6.68. The zero-order valence-electron chi connectivity index (χ0n) is 22.6. The summed E-state index contributed by atoms with van der Waals surface area (Å²) < 4.78 is 16.4. The quantitative estimate of drug-likeness (QED) is 0.337. The average Bonchev–Trinajstić information content (AvgIpc) is 3.25. The van der Waals surface area contributed by atoms with Gasteiger partial charge in [0.1, 0.15) is 34.6 Å². The number of amides is 1. The number of likely N-dealkylation sites (N-methyl/N-ethyl adjacent to an activating group) is 1. The Hall–Kier alpha value is -4.95. The molecule has 204 valence electrons. The lowest BCUT2D eigenvalue weighted by atomic mass is 10.0. The monoisotopic (exact) mass is 540 g/mol. The van der Waals surface area contributed by atoms with Gasteiger partial charge < -0.3 is 29.5 Å². The highest BCUT2D eigenvalue weighted by Crippen LogP contribution is 2.31. The van der Waals surface area contributed by atoms with Crippen molar-refractivity contribution in [1.82, 2.24) is 24.8 Å². The fraction of sp³-hybridized carbons (Fsp3) is 0.276. The number of carbonyl (C=O) groups is 1. The molecule has 1 saturated heterocycles. The highest BCUT2D eigenvalue weighted by Gasteiger charge is 2.42. The lowest BCUT2D eigenvalue weighted by Gasteiger charge is -2.13. The topological polar surface area (TPSA) is 132 Å². The lowest BCUT2D eigenvalue weighted by Crippen LogP contribution is -2.37. The zero-order valence-corrected chi connectivity index (χ0v) is 22.6. The number of anilines is 1. The van der Waals surface area contributed by atoms with Crippen LogP contribution in [-0.4, -0.2) is 76.4 Å². The largest absolute Gasteiger partial charge is 0.497 e. The van der Waals surface area contributed by atoms with Crippen LogP contribution in [0.1, 0.15) is 17.5 Å². The van der Waals surface area contributed by atoms with Gasteiger partial charge in [-0.25, -0.2) is 19.9 Å². The van der Waals surface area contributed by atoms with Crippen LogP contribution >= 0.6 is 0 Å². The van der Waals surface area contributed by atoms with E-state index in [0.717, 1.165) is 5.56 Å². The number of benzene rings is 2. The van der Waals surface area contributed by atoms with Crippen molar-refractivity contribution >= 4 is 22.8 Å². The Labute approximate surface area is 231 Å². The number of nitrogens with one attached hydrogen (secondary N) is 1. The number of carbonyl (C=O) groups excluding carboxylic acids is 1. The van der Waals surface area contributed by atoms with Crippen LogP contribution in [0.15, 0.2) is 48.9 Å². The van der Waals surface area contributed by atoms with Gasteiger partial charge in [-0.3, -0.25) is 4.79 Å². The highest BCUT2D eigenvalue weighted by molar-refractivity contribution is 5.90. The standard InChI is InChI=1S/C29H28N6O5/c1-35-12-11-29(37,28(35)36)10-9-18-5-8-23(39-3)21(13-18)26-31-16-22-25(34-26)27(33-17-32-22)30-15-19-6-7-20(38-2)14-24(19)40-4/h5-8,13-14,16-17,37H,11-12,15H2,1-4H3,(H,30,32,33)/t29-/m0/s1. The summed E-state index contributed by atoms with van der Waals surface area (Å²) in [5, 5.41) is 14.0. The summed E-state index contributed by atoms with van der Waals surface area (Å²) in [5.41, 5.74) is 1.45. The number of methoxy groups -OCH3 is 3. The van der Waals surface area contributed by atoms with Crippen molar-refractivity contribution in [3.63, 3.8) is 0 Å². The Balaban J connectivity index is 1.48. The normalized spacial score (nSPS) is 16.4. The summed E-state index contributed by atoms with van der Waals surface area (Å²) in [6, 6.07) is 10.9. The van der Waals surface area contributed by atoms with Crippen molar-refractivity contribution in [2.24, 2.45) is 0 Å². The third kappa shape index (κ3) is 5.17. The molecule has 0 spiro atoms. The van der Waals surface area contributed by atoms with Gasteiger partial charge in [-0.2, -0.15) is 0 Å². The first-order valence-electron chi connectivity index (χ1n) is 12.5. The lowest BCUT2D eigenvalue weighted by molar-refractivity contribution is -0.137. The first-order chi connectivity index (χ1) is 19.3. The number of hydrogen-bond donors (Lipinski definition) is 2. The molecule has 3 heterocycles. The molecule has 2 N–H and O–H groups in total. The van der Waals surface area contributed by atoms with Gasteiger partial charge in [0.05, 0.1) is 33.1 Å². The maximum atomic E-state index is 12.3. The first kappa shape index (κ1) is 26.6. The number of likely N-dealkylation sites (tertiary alicyclic amines) is 1. The predicted octanol–water partition coefficient (Wildman–Crippen LogP) is 2.67. The predicted molar refractivity (Wildman–Crippen MR) is 148 cm³/mol. The van der Waals surface area contributed by atoms with E-state index in [1.807, 2.05) is 18.2 Å². The summed E-state index contributed by atoms with van der Waals surface area (Å²) in [4.78, 5) is 31.8. The molecule has 11 nitrogen and oxygen atoms in total. The van der Waals surface area contributed by atoms with Crippen LogP contribution in [0, 0.1) is 11.8 Å². The van der Waals surface area contributed by atoms with Gasteiger partial charge in [-0.1, -0.05) is 11.8 Å². The number of nitrogens with zero attached hydrogens (tertiary/aromatic N) is 5. The highest BCUT2D eigenvalue weighted by atomic mass is 16.5. The molecule has 0 aliphatic carbocycles. The van der Waals surface area contributed by atoms with Crippen LogP contribution in [0.4, 0.5) is 5.82 Å². The molecule has 2 aromatic heterocycles. The molecule has 4 aromatic rings. The van der Waals surface area contributed by atoms with E-state index in [-0.39, 0.29) is 6.42 Å². The number of rotatable bonds is 7. The molecule has 1 atom stereocenters. The van der Waals surface area contributed by atoms with E-state index in [1.165, 1.54) is 11.2 Å². The zero-order chi connectivity index (χ0) is 28.3. The molecule has 0 bridgehead atoms. The van der Waals surface area contributed by atoms with E-state index < -0.39 is 11.5 Å². The molecule has 2 aromatic carbocycles. The van der Waals surface area contributed by atoms with Crippen LogP contribution in [-0.2, 0) is 11.3 Å². The smallest absolute Gasteiger partial charge is 0.267 e. The van der Waals surface area contributed by atoms with Crippen LogP contribution < -0.4 is 19.5 Å². The van der Waals surface area contributed by atoms with Gasteiger partial charge in [-0.15, -0.1) is 0 Å². The van der Waals surface area contributed by atoms with E-state index in [9.17, 15) is 9.90 Å². The molecule has 1 amide bonds. The van der Waals surface area contributed by atoms with E-state index in [0.29, 0.717) is 64.1 Å². The molecule has 11 heteroatoms. The summed E-state index contributed by atoms with van der Waals surface area (Å²) in [6.07, 6.45) is 3.32. The number of aromatic nitrogens is 4. The molecule has 1 fully saturated rings. The molecule has 1 aliphatic heterocycles. The van der Waals surface area contributed by atoms with Gasteiger partial charge in [0.2, 0.25) is 5.60 Å². The molecule has 0 unspecified atom stereocenters. The average molecular weight is 541 g/mol. The van der Waals surface area contributed by atoms with Crippen LogP contribution in [0.3, 0.4) is 0 Å². The Morgan fingerprint density at radius 1 is 1.05 bits per heavy atom. The van der Waals surface area contributed by atoms with Crippen molar-refractivity contribution in [2.75, 3.05) is 40.2 Å². The minimum atomic E-state index is -1.70. The summed E-state index contributed by atoms with van der Waals surface area (Å²) in [6.45, 7) is 0.871.